The minimum Gasteiger partial charge on any atom is -0.317 e. The Morgan fingerprint density at radius 3 is 3.17 bits per heavy atom. The number of fused-ring (bicyclic) bond motifs is 1. The number of likely N-dealkylation sites (N-methyl/N-ethyl adjacent to an activating group) is 1. The highest BCUT2D eigenvalue weighted by atomic mass is 32.1. The van der Waals surface area contributed by atoms with E-state index in [1.807, 2.05) is 11.3 Å². The Hall–Kier alpha value is -0.340. The molecule has 0 fully saturated rings. The average Bonchev–Trinajstić information content (AvgIpc) is 2.47. The van der Waals surface area contributed by atoms with E-state index in [-0.39, 0.29) is 0 Å². The number of hydrogen-bond donors (Lipinski definition) is 1. The monoisotopic (exact) mass is 181 g/mol. The van der Waals surface area contributed by atoms with Crippen LogP contribution in [0.2, 0.25) is 0 Å². The molecule has 0 unspecified atom stereocenters. The summed E-state index contributed by atoms with van der Waals surface area (Å²) >= 11 is 1.94. The number of thiophene rings is 1. The fraction of sp³-hybridized carbons (Fsp3) is 0.600. The van der Waals surface area contributed by atoms with Crippen molar-refractivity contribution in [3.63, 3.8) is 0 Å². The van der Waals surface area contributed by atoms with Crippen LogP contribution in [-0.2, 0) is 12.8 Å². The first-order valence-electron chi connectivity index (χ1n) is 4.54. The van der Waals surface area contributed by atoms with Crippen LogP contribution in [0.4, 0.5) is 0 Å². The maximum absolute atomic E-state index is 3.37. The molecule has 1 aliphatic carbocycles. The summed E-state index contributed by atoms with van der Waals surface area (Å²) in [4.78, 5) is 1.62. The van der Waals surface area contributed by atoms with Crippen molar-refractivity contribution >= 4 is 11.3 Å². The molecule has 1 nitrogen and oxygen atoms in total. The molecule has 0 radical (unpaired) electrons. The lowest BCUT2D eigenvalue weighted by atomic mass is 9.92. The molecule has 1 heterocycles. The Morgan fingerprint density at radius 1 is 1.58 bits per heavy atom. The maximum atomic E-state index is 3.37. The largest absolute Gasteiger partial charge is 0.317 e. The molecule has 12 heavy (non-hydrogen) atoms. The number of nitrogens with one attached hydrogen (secondary N) is 1. The number of aryl methyl sites for hydroxylation is 2. The van der Waals surface area contributed by atoms with Gasteiger partial charge in [-0.1, -0.05) is 0 Å². The quantitative estimate of drug-likeness (QED) is 0.700. The topological polar surface area (TPSA) is 12.0 Å². The zero-order valence-corrected chi connectivity index (χ0v) is 8.50. The molecule has 0 saturated carbocycles. The van der Waals surface area contributed by atoms with E-state index in [1.54, 1.807) is 10.4 Å². The van der Waals surface area contributed by atoms with Gasteiger partial charge in [0.25, 0.3) is 0 Å². The molecule has 0 amide bonds. The summed E-state index contributed by atoms with van der Waals surface area (Å²) in [6.07, 6.45) is 3.82. The van der Waals surface area contributed by atoms with E-state index < -0.39 is 0 Å². The predicted octanol–water partition coefficient (Wildman–Crippen LogP) is 2.13. The molecule has 1 aliphatic rings. The van der Waals surface area contributed by atoms with Gasteiger partial charge in [-0.05, 0) is 49.7 Å². The molecule has 0 aromatic carbocycles. The standard InChI is InChI=1S/C10H15NS/c1-7-6-12-10-4-3-8(11-2)5-9(7)10/h6,8,11H,3-5H2,1-2H3/t8-/m1/s1. The number of hydrogen-bond acceptors (Lipinski definition) is 2. The lowest BCUT2D eigenvalue weighted by Crippen LogP contribution is -2.31. The first-order chi connectivity index (χ1) is 5.81. The third-order valence-electron chi connectivity index (χ3n) is 2.77. The van der Waals surface area contributed by atoms with E-state index in [2.05, 4.69) is 24.7 Å². The lowest BCUT2D eigenvalue weighted by Gasteiger charge is -2.22. The summed E-state index contributed by atoms with van der Waals surface area (Å²) in [5.41, 5.74) is 3.11. The van der Waals surface area contributed by atoms with Gasteiger partial charge >= 0.3 is 0 Å². The van der Waals surface area contributed by atoms with E-state index in [0.717, 1.165) is 0 Å². The van der Waals surface area contributed by atoms with Crippen molar-refractivity contribution in [2.24, 2.45) is 0 Å². The van der Waals surface area contributed by atoms with E-state index >= 15 is 0 Å². The van der Waals surface area contributed by atoms with E-state index in [0.29, 0.717) is 6.04 Å². The lowest BCUT2D eigenvalue weighted by molar-refractivity contribution is 0.499. The second-order valence-corrected chi connectivity index (χ2v) is 4.51. The Kier molecular flexibility index (Phi) is 2.20. The minimum atomic E-state index is 0.714. The van der Waals surface area contributed by atoms with Gasteiger partial charge < -0.3 is 5.32 Å². The van der Waals surface area contributed by atoms with Crippen LogP contribution in [0, 0.1) is 6.92 Å². The van der Waals surface area contributed by atoms with Crippen LogP contribution in [0.25, 0.3) is 0 Å². The Labute approximate surface area is 77.8 Å². The zero-order valence-electron chi connectivity index (χ0n) is 7.68. The van der Waals surface area contributed by atoms with Crippen LogP contribution in [0.1, 0.15) is 22.4 Å². The van der Waals surface area contributed by atoms with Gasteiger partial charge in [-0.3, -0.25) is 0 Å². The molecule has 0 saturated heterocycles. The molecule has 0 spiro atoms. The SMILES string of the molecule is CN[C@@H]1CCc2scc(C)c2C1. The fourth-order valence-electron chi connectivity index (χ4n) is 1.91. The average molecular weight is 181 g/mol. The number of rotatable bonds is 1. The van der Waals surface area contributed by atoms with E-state index in [4.69, 9.17) is 0 Å². The van der Waals surface area contributed by atoms with Crippen LogP contribution in [0.15, 0.2) is 5.38 Å². The molecule has 1 atom stereocenters. The maximum Gasteiger partial charge on any atom is 0.0108 e. The fourth-order valence-corrected chi connectivity index (χ4v) is 2.99. The van der Waals surface area contributed by atoms with Gasteiger partial charge in [-0.2, -0.15) is 0 Å². The second-order valence-electron chi connectivity index (χ2n) is 3.55. The Balaban J connectivity index is 2.26. The van der Waals surface area contributed by atoms with Gasteiger partial charge in [0.15, 0.2) is 0 Å². The smallest absolute Gasteiger partial charge is 0.0108 e. The third-order valence-corrected chi connectivity index (χ3v) is 3.98. The van der Waals surface area contributed by atoms with Crippen LogP contribution in [0.3, 0.4) is 0 Å². The Morgan fingerprint density at radius 2 is 2.42 bits per heavy atom. The van der Waals surface area contributed by atoms with Crippen LogP contribution < -0.4 is 5.32 Å². The summed E-state index contributed by atoms with van der Waals surface area (Å²) in [6.45, 7) is 2.23. The van der Waals surface area contributed by atoms with Gasteiger partial charge in [-0.15, -0.1) is 11.3 Å². The van der Waals surface area contributed by atoms with Crippen LogP contribution in [0.5, 0.6) is 0 Å². The molecule has 1 N–H and O–H groups in total. The molecular weight excluding hydrogens is 166 g/mol. The molecule has 1 aromatic heterocycles. The van der Waals surface area contributed by atoms with Crippen molar-refractivity contribution in [3.8, 4) is 0 Å². The summed E-state index contributed by atoms with van der Waals surface area (Å²) in [7, 11) is 2.07. The zero-order chi connectivity index (χ0) is 8.55. The molecule has 66 valence electrons. The predicted molar refractivity (Wildman–Crippen MR) is 53.9 cm³/mol. The van der Waals surface area contributed by atoms with Crippen molar-refractivity contribution < 1.29 is 0 Å². The van der Waals surface area contributed by atoms with E-state index in [9.17, 15) is 0 Å². The normalized spacial score (nSPS) is 22.3. The summed E-state index contributed by atoms with van der Waals surface area (Å²) < 4.78 is 0. The van der Waals surface area contributed by atoms with Crippen molar-refractivity contribution in [3.05, 3.63) is 21.4 Å². The van der Waals surface area contributed by atoms with Gasteiger partial charge in [0.1, 0.15) is 0 Å². The van der Waals surface area contributed by atoms with Gasteiger partial charge in [0, 0.05) is 10.9 Å². The molecule has 2 heteroatoms. The van der Waals surface area contributed by atoms with Crippen molar-refractivity contribution in [2.75, 3.05) is 7.05 Å². The van der Waals surface area contributed by atoms with Crippen molar-refractivity contribution in [1.82, 2.24) is 5.32 Å². The highest BCUT2D eigenvalue weighted by Crippen LogP contribution is 2.29. The molecule has 2 rings (SSSR count). The molecule has 1 aromatic rings. The van der Waals surface area contributed by atoms with Gasteiger partial charge in [0.2, 0.25) is 0 Å². The highest BCUT2D eigenvalue weighted by Gasteiger charge is 2.19. The van der Waals surface area contributed by atoms with Crippen molar-refractivity contribution in [1.29, 1.82) is 0 Å². The van der Waals surface area contributed by atoms with Gasteiger partial charge in [-0.25, -0.2) is 0 Å². The first kappa shape index (κ1) is 8.27. The van der Waals surface area contributed by atoms with Crippen molar-refractivity contribution in [2.45, 2.75) is 32.2 Å². The minimum absolute atomic E-state index is 0.714. The Bertz CT molecular complexity index is 277. The molecule has 0 bridgehead atoms. The highest BCUT2D eigenvalue weighted by molar-refractivity contribution is 7.10. The van der Waals surface area contributed by atoms with Crippen LogP contribution >= 0.6 is 11.3 Å². The summed E-state index contributed by atoms with van der Waals surface area (Å²) in [6, 6.07) is 0.714. The van der Waals surface area contributed by atoms with Gasteiger partial charge in [0.05, 0.1) is 0 Å². The summed E-state index contributed by atoms with van der Waals surface area (Å²) in [5, 5.41) is 5.66. The molecule has 0 aliphatic heterocycles. The van der Waals surface area contributed by atoms with E-state index in [1.165, 1.54) is 24.8 Å². The first-order valence-corrected chi connectivity index (χ1v) is 5.42. The second kappa shape index (κ2) is 3.19. The molecular formula is C10H15NS. The third kappa shape index (κ3) is 1.29. The summed E-state index contributed by atoms with van der Waals surface area (Å²) in [5.74, 6) is 0. The van der Waals surface area contributed by atoms with Crippen LogP contribution in [-0.4, -0.2) is 13.1 Å².